The summed E-state index contributed by atoms with van der Waals surface area (Å²) in [5.41, 5.74) is 0.459. The van der Waals surface area contributed by atoms with Crippen LogP contribution in [0, 0.1) is 5.92 Å². The molecule has 0 saturated heterocycles. The summed E-state index contributed by atoms with van der Waals surface area (Å²) >= 11 is 0. The summed E-state index contributed by atoms with van der Waals surface area (Å²) in [5, 5.41) is 4.18. The molecule has 1 aromatic carbocycles. The lowest BCUT2D eigenvalue weighted by Gasteiger charge is -2.21. The van der Waals surface area contributed by atoms with Crippen molar-refractivity contribution in [1.29, 1.82) is 0 Å². The number of benzene rings is 1. The summed E-state index contributed by atoms with van der Waals surface area (Å²) in [4.78, 5) is 41.1. The van der Waals surface area contributed by atoms with Gasteiger partial charge in [-0.3, -0.25) is 9.48 Å². The van der Waals surface area contributed by atoms with Gasteiger partial charge in [0.2, 0.25) is 0 Å². The number of sulfonamides is 1. The minimum Gasteiger partial charge on any atom is -0.447 e. The van der Waals surface area contributed by atoms with Crippen LogP contribution >= 0.6 is 0 Å². The number of nitrogens with one attached hydrogen (secondary N) is 1. The molecule has 2 aromatic heterocycles. The topological polar surface area (TPSA) is 136 Å². The van der Waals surface area contributed by atoms with Gasteiger partial charge in [-0.25, -0.2) is 18.0 Å². The van der Waals surface area contributed by atoms with E-state index in [1.165, 1.54) is 0 Å². The number of H-pyrrole nitrogens is 1. The fourth-order valence-corrected chi connectivity index (χ4v) is 4.06. The Morgan fingerprint density at radius 2 is 1.97 bits per heavy atom. The maximum absolute atomic E-state index is 13.3. The molecule has 32 heavy (non-hydrogen) atoms. The number of hydrogen-bond acceptors (Lipinski definition) is 7. The summed E-state index contributed by atoms with van der Waals surface area (Å²) in [6.45, 7) is 5.36. The highest BCUT2D eigenvalue weighted by atomic mass is 32.2. The van der Waals surface area contributed by atoms with E-state index in [-0.39, 0.29) is 32.5 Å². The summed E-state index contributed by atoms with van der Waals surface area (Å²) in [5.74, 6) is -0.0825. The molecule has 11 nitrogen and oxygen atoms in total. The minimum atomic E-state index is -4.36. The van der Waals surface area contributed by atoms with E-state index in [2.05, 4.69) is 10.1 Å². The Kier molecular flexibility index (Phi) is 6.26. The maximum Gasteiger partial charge on any atom is 0.444 e. The van der Waals surface area contributed by atoms with Crippen molar-refractivity contribution in [1.82, 2.24) is 19.4 Å². The van der Waals surface area contributed by atoms with Gasteiger partial charge < -0.3 is 9.72 Å². The van der Waals surface area contributed by atoms with Crippen LogP contribution in [0.1, 0.15) is 26.3 Å². The standard InChI is InChI=1S/C20H25N5O6S/c1-6-13-9-16-15(10-14(13)17-7-8-21-23(17)4)18(26)24(19(27)22-16)25(32(5,29)30)20(28)31-11-12(2)3/h7-10,12H,6,11H2,1-5H3,(H,22,27). The monoisotopic (exact) mass is 463 g/mol. The van der Waals surface area contributed by atoms with Crippen LogP contribution in [-0.4, -0.2) is 46.8 Å². The first-order valence-electron chi connectivity index (χ1n) is 9.93. The second-order valence-electron chi connectivity index (χ2n) is 7.77. The van der Waals surface area contributed by atoms with Gasteiger partial charge in [-0.15, -0.1) is 4.68 Å². The molecule has 1 N–H and O–H groups in total. The van der Waals surface area contributed by atoms with E-state index in [0.29, 0.717) is 18.2 Å². The second kappa shape index (κ2) is 8.61. The van der Waals surface area contributed by atoms with Crippen LogP contribution in [0.3, 0.4) is 0 Å². The van der Waals surface area contributed by atoms with Crippen LogP contribution in [0.2, 0.25) is 0 Å². The number of hydrogen-bond donors (Lipinski definition) is 1. The van der Waals surface area contributed by atoms with E-state index < -0.39 is 27.4 Å². The predicted octanol–water partition coefficient (Wildman–Crippen LogP) is 1.34. The summed E-state index contributed by atoms with van der Waals surface area (Å²) in [6, 6.07) is 4.99. The van der Waals surface area contributed by atoms with E-state index in [1.807, 2.05) is 6.92 Å². The van der Waals surface area contributed by atoms with E-state index in [0.717, 1.165) is 11.3 Å². The van der Waals surface area contributed by atoms with Crippen LogP contribution in [0.25, 0.3) is 22.2 Å². The molecule has 0 fully saturated rings. The number of rotatable bonds is 6. The minimum absolute atomic E-state index is 0.0308. The molecule has 0 aliphatic rings. The molecule has 0 radical (unpaired) electrons. The number of aromatic amines is 1. The van der Waals surface area contributed by atoms with Crippen molar-refractivity contribution in [2.45, 2.75) is 27.2 Å². The van der Waals surface area contributed by atoms with Gasteiger partial charge >= 0.3 is 11.8 Å². The Labute approximate surface area is 184 Å². The Hall–Kier alpha value is -3.41. The number of aromatic nitrogens is 4. The Morgan fingerprint density at radius 3 is 2.50 bits per heavy atom. The summed E-state index contributed by atoms with van der Waals surface area (Å²) in [7, 11) is -2.61. The van der Waals surface area contributed by atoms with Gasteiger partial charge in [0.15, 0.2) is 0 Å². The molecular weight excluding hydrogens is 438 g/mol. The first kappa shape index (κ1) is 23.3. The largest absolute Gasteiger partial charge is 0.447 e. The molecule has 1 amide bonds. The van der Waals surface area contributed by atoms with Crippen molar-refractivity contribution in [3.8, 4) is 11.3 Å². The van der Waals surface area contributed by atoms with Crippen LogP contribution < -0.4 is 15.7 Å². The van der Waals surface area contributed by atoms with Gasteiger partial charge in [-0.05, 0) is 36.1 Å². The van der Waals surface area contributed by atoms with Crippen molar-refractivity contribution in [2.75, 3.05) is 17.3 Å². The lowest BCUT2D eigenvalue weighted by molar-refractivity contribution is 0.139. The van der Waals surface area contributed by atoms with Crippen molar-refractivity contribution >= 4 is 27.0 Å². The Balaban J connectivity index is 2.30. The molecule has 0 bridgehead atoms. The quantitative estimate of drug-likeness (QED) is 0.582. The normalized spacial score (nSPS) is 11.8. The lowest BCUT2D eigenvalue weighted by Crippen LogP contribution is -2.56. The zero-order valence-corrected chi connectivity index (χ0v) is 19.3. The van der Waals surface area contributed by atoms with Gasteiger partial charge in [0.05, 0.1) is 29.5 Å². The van der Waals surface area contributed by atoms with E-state index in [4.69, 9.17) is 4.74 Å². The van der Waals surface area contributed by atoms with Gasteiger partial charge in [0.1, 0.15) is 0 Å². The van der Waals surface area contributed by atoms with Crippen LogP contribution in [0.4, 0.5) is 4.79 Å². The molecule has 3 rings (SSSR count). The molecule has 2 heterocycles. The molecule has 0 spiro atoms. The van der Waals surface area contributed by atoms with Crippen LogP contribution in [0.5, 0.6) is 0 Å². The van der Waals surface area contributed by atoms with Crippen molar-refractivity contribution in [3.05, 3.63) is 50.8 Å². The van der Waals surface area contributed by atoms with Crippen LogP contribution in [0.15, 0.2) is 34.0 Å². The molecule has 0 aliphatic heterocycles. The highest BCUT2D eigenvalue weighted by Crippen LogP contribution is 2.26. The van der Waals surface area contributed by atoms with Gasteiger partial charge in [-0.2, -0.15) is 5.10 Å². The molecule has 3 aromatic rings. The zero-order valence-electron chi connectivity index (χ0n) is 18.4. The lowest BCUT2D eigenvalue weighted by atomic mass is 10.00. The average Bonchev–Trinajstić information content (AvgIpc) is 3.13. The van der Waals surface area contributed by atoms with Crippen LogP contribution in [-0.2, 0) is 28.2 Å². The third kappa shape index (κ3) is 4.31. The molecule has 0 atom stereocenters. The first-order valence-corrected chi connectivity index (χ1v) is 11.8. The van der Waals surface area contributed by atoms with Crippen molar-refractivity contribution in [2.24, 2.45) is 13.0 Å². The number of fused-ring (bicyclic) bond motifs is 1. The molecule has 0 saturated carbocycles. The van der Waals surface area contributed by atoms with E-state index >= 15 is 0 Å². The van der Waals surface area contributed by atoms with Crippen molar-refractivity contribution < 1.29 is 17.9 Å². The number of carbonyl (C=O) groups excluding carboxylic acids is 1. The number of carbonyl (C=O) groups is 1. The van der Waals surface area contributed by atoms with Crippen molar-refractivity contribution in [3.63, 3.8) is 0 Å². The first-order chi connectivity index (χ1) is 15.0. The SMILES string of the molecule is CCc1cc2[nH]c(=O)n(N(C(=O)OCC(C)C)S(C)(=O)=O)c(=O)c2cc1-c1ccnn1C. The average molecular weight is 464 g/mol. The molecule has 0 unspecified atom stereocenters. The van der Waals surface area contributed by atoms with E-state index in [1.54, 1.807) is 50.0 Å². The number of aryl methyl sites for hydroxylation is 2. The maximum atomic E-state index is 13.3. The number of ether oxygens (including phenoxy) is 1. The third-order valence-corrected chi connectivity index (χ3v) is 5.71. The second-order valence-corrected chi connectivity index (χ2v) is 9.58. The van der Waals surface area contributed by atoms with Gasteiger partial charge in [-0.1, -0.05) is 25.2 Å². The third-order valence-electron chi connectivity index (χ3n) is 4.77. The number of amides is 1. The zero-order chi connectivity index (χ0) is 23.8. The Morgan fingerprint density at radius 1 is 1.28 bits per heavy atom. The number of nitrogens with zero attached hydrogens (tertiary/aromatic N) is 4. The molecule has 172 valence electrons. The highest BCUT2D eigenvalue weighted by molar-refractivity contribution is 7.92. The summed E-state index contributed by atoms with van der Waals surface area (Å²) in [6.07, 6.45) is 1.59. The van der Waals surface area contributed by atoms with Gasteiger partial charge in [0.25, 0.3) is 15.6 Å². The molecular formula is C20H25N5O6S. The fourth-order valence-electron chi connectivity index (χ4n) is 3.29. The smallest absolute Gasteiger partial charge is 0.444 e. The molecule has 0 aliphatic carbocycles. The van der Waals surface area contributed by atoms with E-state index in [9.17, 15) is 22.8 Å². The van der Waals surface area contributed by atoms with Gasteiger partial charge in [0, 0.05) is 18.8 Å². The Bertz CT molecular complexity index is 1400. The molecule has 12 heteroatoms. The fraction of sp³-hybridized carbons (Fsp3) is 0.400. The summed E-state index contributed by atoms with van der Waals surface area (Å²) < 4.78 is 31.6. The predicted molar refractivity (Wildman–Crippen MR) is 120 cm³/mol. The highest BCUT2D eigenvalue weighted by Gasteiger charge is 2.31.